The highest BCUT2D eigenvalue weighted by atomic mass is 35.5. The van der Waals surface area contributed by atoms with E-state index in [2.05, 4.69) is 17.3 Å². The maximum atomic E-state index is 12.8. The minimum absolute atomic E-state index is 0.0335. The number of nitrogens with zero attached hydrogens (tertiary/aromatic N) is 2. The van der Waals surface area contributed by atoms with Gasteiger partial charge in [0.15, 0.2) is 0 Å². The number of carbonyl (C=O) groups is 1. The molecule has 134 valence electrons. The Labute approximate surface area is 154 Å². The van der Waals surface area contributed by atoms with Crippen molar-refractivity contribution in [3.8, 4) is 0 Å². The van der Waals surface area contributed by atoms with Crippen LogP contribution in [0.4, 0.5) is 0 Å². The molecule has 2 fully saturated rings. The molecule has 0 radical (unpaired) electrons. The molecule has 1 unspecified atom stereocenters. The highest BCUT2D eigenvalue weighted by Gasteiger charge is 2.34. The number of carbonyl (C=O) groups excluding carboxylic acids is 1. The Bertz CT molecular complexity index is 800. The third-order valence-corrected chi connectivity index (χ3v) is 6.38. The van der Waals surface area contributed by atoms with E-state index >= 15 is 0 Å². The maximum Gasteiger partial charge on any atom is 0.268 e. The molecule has 2 heterocycles. The minimum atomic E-state index is 0.0335. The summed E-state index contributed by atoms with van der Waals surface area (Å²) >= 11 is 6.08. The van der Waals surface area contributed by atoms with Crippen molar-refractivity contribution in [3.63, 3.8) is 0 Å². The Kier molecular flexibility index (Phi) is 4.50. The van der Waals surface area contributed by atoms with Crippen LogP contribution in [0.5, 0.6) is 0 Å². The Morgan fingerprint density at radius 3 is 2.84 bits per heavy atom. The lowest BCUT2D eigenvalue weighted by molar-refractivity contribution is 0.0767. The van der Waals surface area contributed by atoms with Gasteiger partial charge in [-0.2, -0.15) is 0 Å². The van der Waals surface area contributed by atoms with Crippen molar-refractivity contribution < 1.29 is 4.79 Å². The van der Waals surface area contributed by atoms with Gasteiger partial charge in [-0.3, -0.25) is 4.79 Å². The Morgan fingerprint density at radius 2 is 2.00 bits per heavy atom. The SMILES string of the molecule is CN1CC[C@H]2C[C@H](NC(=O)c3cc4cc(Cl)ccc4n3C)CCC2C1. The number of hydrogen-bond donors (Lipinski definition) is 1. The van der Waals surface area contributed by atoms with Crippen molar-refractivity contribution >= 4 is 28.4 Å². The summed E-state index contributed by atoms with van der Waals surface area (Å²) in [7, 11) is 4.16. The standard InChI is InChI=1S/C20H26ClN3O/c1-23-8-7-13-10-17(5-3-14(13)12-23)22-20(25)19-11-15-9-16(21)4-6-18(15)24(19)2/h4,6,9,11,13-14,17H,3,5,7-8,10,12H2,1-2H3,(H,22,25)/t13-,14?,17+/m0/s1. The second kappa shape index (κ2) is 6.65. The quantitative estimate of drug-likeness (QED) is 0.888. The topological polar surface area (TPSA) is 37.3 Å². The normalized spacial score (nSPS) is 27.2. The fourth-order valence-corrected chi connectivity index (χ4v) is 4.91. The average Bonchev–Trinajstić information content (AvgIpc) is 2.91. The summed E-state index contributed by atoms with van der Waals surface area (Å²) < 4.78 is 1.96. The van der Waals surface area contributed by atoms with Gasteiger partial charge in [0.25, 0.3) is 5.91 Å². The van der Waals surface area contributed by atoms with Crippen molar-refractivity contribution in [1.29, 1.82) is 0 Å². The highest BCUT2D eigenvalue weighted by Crippen LogP contribution is 2.36. The van der Waals surface area contributed by atoms with Crippen LogP contribution in [0.2, 0.25) is 5.02 Å². The zero-order chi connectivity index (χ0) is 17.6. The monoisotopic (exact) mass is 359 g/mol. The van der Waals surface area contributed by atoms with E-state index in [-0.39, 0.29) is 5.91 Å². The molecule has 3 atom stereocenters. The molecule has 0 bridgehead atoms. The number of rotatable bonds is 2. The van der Waals surface area contributed by atoms with Gasteiger partial charge in [0, 0.05) is 35.6 Å². The van der Waals surface area contributed by atoms with E-state index in [0.717, 1.165) is 35.6 Å². The van der Waals surface area contributed by atoms with Gasteiger partial charge in [-0.25, -0.2) is 0 Å². The molecular formula is C20H26ClN3O. The second-order valence-corrected chi connectivity index (χ2v) is 8.28. The molecule has 25 heavy (non-hydrogen) atoms. The van der Waals surface area contributed by atoms with Crippen LogP contribution in [0.25, 0.3) is 10.9 Å². The Balaban J connectivity index is 1.46. The van der Waals surface area contributed by atoms with E-state index in [1.807, 2.05) is 35.9 Å². The smallest absolute Gasteiger partial charge is 0.268 e. The zero-order valence-corrected chi connectivity index (χ0v) is 15.7. The molecule has 5 heteroatoms. The molecule has 2 aromatic rings. The summed E-state index contributed by atoms with van der Waals surface area (Å²) in [4.78, 5) is 15.3. The third kappa shape index (κ3) is 3.30. The molecule has 1 saturated carbocycles. The number of halogens is 1. The number of fused-ring (bicyclic) bond motifs is 2. The lowest BCUT2D eigenvalue weighted by atomic mass is 9.73. The fourth-order valence-electron chi connectivity index (χ4n) is 4.73. The molecule has 4 nitrogen and oxygen atoms in total. The molecule has 1 N–H and O–H groups in total. The second-order valence-electron chi connectivity index (χ2n) is 7.85. The first kappa shape index (κ1) is 16.9. The number of piperidine rings is 1. The lowest BCUT2D eigenvalue weighted by Crippen LogP contribution is -2.46. The van der Waals surface area contributed by atoms with Crippen LogP contribution >= 0.6 is 11.6 Å². The van der Waals surface area contributed by atoms with Crippen LogP contribution in [0.3, 0.4) is 0 Å². The first-order chi connectivity index (χ1) is 12.0. The molecular weight excluding hydrogens is 334 g/mol. The Morgan fingerprint density at radius 1 is 1.16 bits per heavy atom. The summed E-state index contributed by atoms with van der Waals surface area (Å²) in [6.07, 6.45) is 4.71. The third-order valence-electron chi connectivity index (χ3n) is 6.14. The predicted molar refractivity (Wildman–Crippen MR) is 102 cm³/mol. The van der Waals surface area contributed by atoms with Gasteiger partial charge >= 0.3 is 0 Å². The van der Waals surface area contributed by atoms with Gasteiger partial charge in [-0.1, -0.05) is 11.6 Å². The number of aryl methyl sites for hydroxylation is 1. The summed E-state index contributed by atoms with van der Waals surface area (Å²) in [5.41, 5.74) is 1.75. The molecule has 1 aliphatic carbocycles. The first-order valence-electron chi connectivity index (χ1n) is 9.25. The Hall–Kier alpha value is -1.52. The molecule has 1 aliphatic heterocycles. The van der Waals surface area contributed by atoms with E-state index in [9.17, 15) is 4.79 Å². The van der Waals surface area contributed by atoms with Crippen LogP contribution in [-0.4, -0.2) is 41.6 Å². The fraction of sp³-hybridized carbons (Fsp3) is 0.550. The number of benzene rings is 1. The van der Waals surface area contributed by atoms with Crippen LogP contribution < -0.4 is 5.32 Å². The number of hydrogen-bond acceptors (Lipinski definition) is 2. The van der Waals surface area contributed by atoms with Gasteiger partial charge in [0.2, 0.25) is 0 Å². The van der Waals surface area contributed by atoms with E-state index in [0.29, 0.717) is 16.8 Å². The molecule has 2 aliphatic rings. The number of nitrogens with one attached hydrogen (secondary N) is 1. The summed E-state index contributed by atoms with van der Waals surface area (Å²) in [6.45, 7) is 2.40. The van der Waals surface area contributed by atoms with Crippen molar-refractivity contribution in [3.05, 3.63) is 35.0 Å². The number of aromatic nitrogens is 1. The van der Waals surface area contributed by atoms with Gasteiger partial charge < -0.3 is 14.8 Å². The summed E-state index contributed by atoms with van der Waals surface area (Å²) in [5, 5.41) is 5.00. The minimum Gasteiger partial charge on any atom is -0.348 e. The van der Waals surface area contributed by atoms with Crippen LogP contribution in [0.1, 0.15) is 36.2 Å². The van der Waals surface area contributed by atoms with Crippen molar-refractivity contribution in [2.75, 3.05) is 20.1 Å². The summed E-state index contributed by atoms with van der Waals surface area (Å²) in [5.74, 6) is 1.61. The van der Waals surface area contributed by atoms with Gasteiger partial charge in [0.1, 0.15) is 5.69 Å². The van der Waals surface area contributed by atoms with E-state index < -0.39 is 0 Å². The van der Waals surface area contributed by atoms with Gasteiger partial charge in [-0.05, 0) is 75.4 Å². The van der Waals surface area contributed by atoms with E-state index in [1.165, 1.54) is 25.9 Å². The molecule has 1 aromatic heterocycles. The van der Waals surface area contributed by atoms with Crippen LogP contribution in [-0.2, 0) is 7.05 Å². The molecule has 0 spiro atoms. The predicted octanol–water partition coefficient (Wildman–Crippen LogP) is 3.68. The number of amides is 1. The van der Waals surface area contributed by atoms with Crippen molar-refractivity contribution in [1.82, 2.24) is 14.8 Å². The van der Waals surface area contributed by atoms with Gasteiger partial charge in [0.05, 0.1) is 0 Å². The largest absolute Gasteiger partial charge is 0.348 e. The first-order valence-corrected chi connectivity index (χ1v) is 9.63. The molecule has 4 rings (SSSR count). The van der Waals surface area contributed by atoms with E-state index in [1.54, 1.807) is 0 Å². The summed E-state index contributed by atoms with van der Waals surface area (Å²) in [6, 6.07) is 8.00. The van der Waals surface area contributed by atoms with Crippen LogP contribution in [0.15, 0.2) is 24.3 Å². The lowest BCUT2D eigenvalue weighted by Gasteiger charge is -2.42. The molecule has 1 amide bonds. The average molecular weight is 360 g/mol. The highest BCUT2D eigenvalue weighted by molar-refractivity contribution is 6.31. The van der Waals surface area contributed by atoms with E-state index in [4.69, 9.17) is 11.6 Å². The zero-order valence-electron chi connectivity index (χ0n) is 15.0. The molecule has 1 saturated heterocycles. The van der Waals surface area contributed by atoms with Gasteiger partial charge in [-0.15, -0.1) is 0 Å². The number of likely N-dealkylation sites (tertiary alicyclic amines) is 1. The molecule has 1 aromatic carbocycles. The maximum absolute atomic E-state index is 12.8. The van der Waals surface area contributed by atoms with Crippen molar-refractivity contribution in [2.45, 2.75) is 31.7 Å². The van der Waals surface area contributed by atoms with Crippen molar-refractivity contribution in [2.24, 2.45) is 18.9 Å². The van der Waals surface area contributed by atoms with Crippen LogP contribution in [0, 0.1) is 11.8 Å².